The second-order valence-corrected chi connectivity index (χ2v) is 6.51. The first-order chi connectivity index (χ1) is 10.8. The summed E-state index contributed by atoms with van der Waals surface area (Å²) in [5.41, 5.74) is 0.947. The molecule has 1 aromatic carbocycles. The van der Waals surface area contributed by atoms with Crippen molar-refractivity contribution in [2.75, 3.05) is 31.1 Å². The highest BCUT2D eigenvalue weighted by atomic mass is 32.1. The Kier molecular flexibility index (Phi) is 3.56. The second-order valence-electron chi connectivity index (χ2n) is 5.70. The number of benzene rings is 1. The quantitative estimate of drug-likeness (QED) is 0.744. The van der Waals surface area contributed by atoms with Crippen LogP contribution < -0.4 is 4.90 Å². The fourth-order valence-corrected chi connectivity index (χ4v) is 3.73. The van der Waals surface area contributed by atoms with Gasteiger partial charge in [0.15, 0.2) is 5.76 Å². The van der Waals surface area contributed by atoms with Gasteiger partial charge in [0.2, 0.25) is 0 Å². The van der Waals surface area contributed by atoms with Crippen LogP contribution in [0, 0.1) is 6.92 Å². The highest BCUT2D eigenvalue weighted by molar-refractivity contribution is 7.13. The molecule has 0 radical (unpaired) electrons. The van der Waals surface area contributed by atoms with Crippen LogP contribution in [-0.4, -0.2) is 40.6 Å². The molecule has 0 saturated carbocycles. The van der Waals surface area contributed by atoms with Gasteiger partial charge in [0.1, 0.15) is 5.82 Å². The van der Waals surface area contributed by atoms with Gasteiger partial charge in [0.05, 0.1) is 16.9 Å². The van der Waals surface area contributed by atoms with Crippen LogP contribution in [0.4, 0.5) is 5.82 Å². The Morgan fingerprint density at radius 2 is 2.00 bits per heavy atom. The Morgan fingerprint density at radius 1 is 1.18 bits per heavy atom. The normalized spacial score (nSPS) is 16.5. The zero-order valence-corrected chi connectivity index (χ0v) is 13.3. The minimum Gasteiger partial charge on any atom is -0.360 e. The summed E-state index contributed by atoms with van der Waals surface area (Å²) < 4.78 is 11.2. The molecule has 5 nitrogen and oxygen atoms in total. The first-order valence-corrected chi connectivity index (χ1v) is 8.31. The van der Waals surface area contributed by atoms with E-state index in [4.69, 9.17) is 4.52 Å². The number of aryl methyl sites for hydroxylation is 1. The first-order valence-electron chi connectivity index (χ1n) is 7.53. The van der Waals surface area contributed by atoms with Crippen molar-refractivity contribution < 1.29 is 4.52 Å². The smallest absolute Gasteiger partial charge is 0.150 e. The van der Waals surface area contributed by atoms with E-state index in [0.717, 1.165) is 50.0 Å². The molecule has 0 atom stereocenters. The summed E-state index contributed by atoms with van der Waals surface area (Å²) in [6.07, 6.45) is 0. The van der Waals surface area contributed by atoms with Gasteiger partial charge in [0, 0.05) is 37.6 Å². The molecule has 1 saturated heterocycles. The summed E-state index contributed by atoms with van der Waals surface area (Å²) in [5.74, 6) is 2.08. The molecule has 3 aromatic rings. The predicted octanol–water partition coefficient (Wildman–Crippen LogP) is 2.91. The van der Waals surface area contributed by atoms with Crippen molar-refractivity contribution in [3.8, 4) is 0 Å². The van der Waals surface area contributed by atoms with Crippen LogP contribution in [0.15, 0.2) is 34.9 Å². The van der Waals surface area contributed by atoms with Gasteiger partial charge in [-0.15, -0.1) is 0 Å². The fourth-order valence-electron chi connectivity index (χ4n) is 2.93. The molecule has 2 aromatic heterocycles. The van der Waals surface area contributed by atoms with Gasteiger partial charge in [-0.05, 0) is 30.6 Å². The molecule has 1 aliphatic rings. The Labute approximate surface area is 133 Å². The molecule has 6 heteroatoms. The van der Waals surface area contributed by atoms with Crippen LogP contribution in [-0.2, 0) is 6.54 Å². The number of aromatic nitrogens is 2. The maximum absolute atomic E-state index is 5.31. The van der Waals surface area contributed by atoms with E-state index in [1.807, 2.05) is 13.0 Å². The number of nitrogens with zero attached hydrogens (tertiary/aromatic N) is 4. The maximum atomic E-state index is 5.31. The Hall–Kier alpha value is -1.92. The third-order valence-electron chi connectivity index (χ3n) is 4.09. The third kappa shape index (κ3) is 2.60. The molecule has 1 aliphatic heterocycles. The molecule has 0 N–H and O–H groups in total. The molecule has 0 amide bonds. The topological polar surface area (TPSA) is 45.4 Å². The van der Waals surface area contributed by atoms with Crippen LogP contribution in [0.2, 0.25) is 0 Å². The van der Waals surface area contributed by atoms with Crippen molar-refractivity contribution >= 4 is 27.4 Å². The molecule has 0 unspecified atom stereocenters. The van der Waals surface area contributed by atoms with Crippen molar-refractivity contribution in [2.24, 2.45) is 0 Å². The number of hydrogen-bond donors (Lipinski definition) is 0. The van der Waals surface area contributed by atoms with Gasteiger partial charge in [-0.2, -0.15) is 4.37 Å². The number of fused-ring (bicyclic) bond motifs is 1. The zero-order valence-electron chi connectivity index (χ0n) is 12.5. The van der Waals surface area contributed by atoms with E-state index in [9.17, 15) is 0 Å². The summed E-state index contributed by atoms with van der Waals surface area (Å²) in [6, 6.07) is 10.5. The second kappa shape index (κ2) is 5.70. The maximum Gasteiger partial charge on any atom is 0.150 e. The van der Waals surface area contributed by atoms with Crippen LogP contribution in [0.25, 0.3) is 10.1 Å². The van der Waals surface area contributed by atoms with Crippen molar-refractivity contribution in [1.29, 1.82) is 0 Å². The van der Waals surface area contributed by atoms with Crippen LogP contribution in [0.1, 0.15) is 11.5 Å². The van der Waals surface area contributed by atoms with Crippen molar-refractivity contribution in [3.63, 3.8) is 0 Å². The minimum absolute atomic E-state index is 0.840. The average molecular weight is 314 g/mol. The molecule has 1 fully saturated rings. The molecule has 22 heavy (non-hydrogen) atoms. The van der Waals surface area contributed by atoms with Gasteiger partial charge >= 0.3 is 0 Å². The largest absolute Gasteiger partial charge is 0.360 e. The molecule has 0 aliphatic carbocycles. The molecule has 0 spiro atoms. The van der Waals surface area contributed by atoms with E-state index in [1.165, 1.54) is 10.1 Å². The third-order valence-corrected chi connectivity index (χ3v) is 4.90. The van der Waals surface area contributed by atoms with E-state index in [2.05, 4.69) is 43.6 Å². The molecular weight excluding hydrogens is 296 g/mol. The molecule has 0 bridgehead atoms. The van der Waals surface area contributed by atoms with E-state index >= 15 is 0 Å². The summed E-state index contributed by atoms with van der Waals surface area (Å²) >= 11 is 1.59. The number of piperazine rings is 1. The summed E-state index contributed by atoms with van der Waals surface area (Å²) in [5, 5.41) is 5.22. The summed E-state index contributed by atoms with van der Waals surface area (Å²) in [4.78, 5) is 4.80. The van der Waals surface area contributed by atoms with Crippen molar-refractivity contribution in [3.05, 3.63) is 41.8 Å². The SMILES string of the molecule is Cc1cc(CN2CCN(c3nsc4ccccc34)CC2)on1. The van der Waals surface area contributed by atoms with E-state index in [1.54, 1.807) is 11.5 Å². The van der Waals surface area contributed by atoms with Gasteiger partial charge in [-0.1, -0.05) is 17.3 Å². The Balaban J connectivity index is 1.43. The lowest BCUT2D eigenvalue weighted by Crippen LogP contribution is -2.46. The highest BCUT2D eigenvalue weighted by Crippen LogP contribution is 2.29. The van der Waals surface area contributed by atoms with E-state index < -0.39 is 0 Å². The Bertz CT molecular complexity index is 773. The van der Waals surface area contributed by atoms with Crippen LogP contribution in [0.5, 0.6) is 0 Å². The van der Waals surface area contributed by atoms with Gasteiger partial charge in [0.25, 0.3) is 0 Å². The van der Waals surface area contributed by atoms with Gasteiger partial charge < -0.3 is 9.42 Å². The average Bonchev–Trinajstić information content (AvgIpc) is 3.14. The minimum atomic E-state index is 0.840. The van der Waals surface area contributed by atoms with E-state index in [0.29, 0.717) is 0 Å². The summed E-state index contributed by atoms with van der Waals surface area (Å²) in [6.45, 7) is 6.84. The van der Waals surface area contributed by atoms with Crippen LogP contribution in [0.3, 0.4) is 0 Å². The number of anilines is 1. The highest BCUT2D eigenvalue weighted by Gasteiger charge is 2.21. The lowest BCUT2D eigenvalue weighted by atomic mass is 10.2. The number of hydrogen-bond acceptors (Lipinski definition) is 6. The Morgan fingerprint density at radius 3 is 2.77 bits per heavy atom. The lowest BCUT2D eigenvalue weighted by molar-refractivity contribution is 0.219. The standard InChI is InChI=1S/C16H18N4OS/c1-12-10-13(21-17-12)11-19-6-8-20(9-7-19)16-14-4-2-3-5-15(14)22-18-16/h2-5,10H,6-9,11H2,1H3. The van der Waals surface area contributed by atoms with Gasteiger partial charge in [-0.3, -0.25) is 4.90 Å². The molecule has 4 rings (SSSR count). The zero-order chi connectivity index (χ0) is 14.9. The number of rotatable bonds is 3. The lowest BCUT2D eigenvalue weighted by Gasteiger charge is -2.34. The monoisotopic (exact) mass is 314 g/mol. The van der Waals surface area contributed by atoms with Gasteiger partial charge in [-0.25, -0.2) is 0 Å². The summed E-state index contributed by atoms with van der Waals surface area (Å²) in [7, 11) is 0. The predicted molar refractivity (Wildman–Crippen MR) is 88.4 cm³/mol. The molecule has 3 heterocycles. The first kappa shape index (κ1) is 13.7. The molecule has 114 valence electrons. The molecular formula is C16H18N4OS. The van der Waals surface area contributed by atoms with Crippen molar-refractivity contribution in [1.82, 2.24) is 14.4 Å². The fraction of sp³-hybridized carbons (Fsp3) is 0.375. The van der Waals surface area contributed by atoms with Crippen LogP contribution >= 0.6 is 11.5 Å². The van der Waals surface area contributed by atoms with E-state index in [-0.39, 0.29) is 0 Å². The van der Waals surface area contributed by atoms with Crippen molar-refractivity contribution in [2.45, 2.75) is 13.5 Å².